The average molecular weight is 253 g/mol. The number of primary amides is 1. The summed E-state index contributed by atoms with van der Waals surface area (Å²) in [5.74, 6) is -0.210. The van der Waals surface area contributed by atoms with Gasteiger partial charge >= 0.3 is 0 Å². The van der Waals surface area contributed by atoms with Crippen molar-refractivity contribution >= 4 is 17.5 Å². The van der Waals surface area contributed by atoms with Gasteiger partial charge in [0.1, 0.15) is 0 Å². The summed E-state index contributed by atoms with van der Waals surface area (Å²) in [7, 11) is 0. The smallest absolute Gasteiger partial charge is 0.234 e. The third-order valence-corrected chi connectivity index (χ3v) is 3.49. The van der Waals surface area contributed by atoms with E-state index in [2.05, 4.69) is 4.90 Å². The van der Waals surface area contributed by atoms with Crippen LogP contribution in [-0.2, 0) is 11.3 Å². The molecule has 1 atom stereocenters. The van der Waals surface area contributed by atoms with E-state index < -0.39 is 0 Å². The molecule has 0 saturated carbocycles. The predicted octanol–water partition coefficient (Wildman–Crippen LogP) is 2.18. The van der Waals surface area contributed by atoms with E-state index in [9.17, 15) is 4.79 Å². The first-order chi connectivity index (χ1) is 8.16. The molecule has 2 rings (SSSR count). The van der Waals surface area contributed by atoms with Crippen LogP contribution in [0.1, 0.15) is 24.8 Å². The van der Waals surface area contributed by atoms with Crippen molar-refractivity contribution < 1.29 is 4.79 Å². The molecule has 1 aromatic rings. The predicted molar refractivity (Wildman–Crippen MR) is 68.7 cm³/mol. The van der Waals surface area contributed by atoms with Gasteiger partial charge in [-0.2, -0.15) is 0 Å². The number of nitrogens with zero attached hydrogens (tertiary/aromatic N) is 1. The van der Waals surface area contributed by atoms with Crippen molar-refractivity contribution in [2.24, 2.45) is 5.73 Å². The quantitative estimate of drug-likeness (QED) is 0.896. The topological polar surface area (TPSA) is 46.3 Å². The van der Waals surface area contributed by atoms with E-state index in [1.165, 1.54) is 5.56 Å². The molecule has 1 heterocycles. The van der Waals surface area contributed by atoms with Crippen molar-refractivity contribution in [1.82, 2.24) is 4.90 Å². The molecule has 1 aromatic carbocycles. The van der Waals surface area contributed by atoms with Gasteiger partial charge in [0, 0.05) is 11.6 Å². The Kier molecular flexibility index (Phi) is 4.02. The van der Waals surface area contributed by atoms with E-state index in [0.29, 0.717) is 0 Å². The van der Waals surface area contributed by atoms with E-state index in [0.717, 1.165) is 37.4 Å². The minimum atomic E-state index is -0.210. The summed E-state index contributed by atoms with van der Waals surface area (Å²) >= 11 is 5.85. The first-order valence-electron chi connectivity index (χ1n) is 5.94. The molecule has 17 heavy (non-hydrogen) atoms. The lowest BCUT2D eigenvalue weighted by atomic mass is 10.0. The molecule has 1 aliphatic heterocycles. The van der Waals surface area contributed by atoms with Crippen molar-refractivity contribution in [3.63, 3.8) is 0 Å². The van der Waals surface area contributed by atoms with E-state index in [1.54, 1.807) is 0 Å². The van der Waals surface area contributed by atoms with Crippen LogP contribution in [-0.4, -0.2) is 23.4 Å². The van der Waals surface area contributed by atoms with Crippen molar-refractivity contribution in [3.8, 4) is 0 Å². The summed E-state index contributed by atoms with van der Waals surface area (Å²) in [5.41, 5.74) is 6.60. The summed E-state index contributed by atoms with van der Waals surface area (Å²) in [6.07, 6.45) is 3.10. The van der Waals surface area contributed by atoms with Crippen molar-refractivity contribution in [2.45, 2.75) is 31.8 Å². The highest BCUT2D eigenvalue weighted by Crippen LogP contribution is 2.20. The van der Waals surface area contributed by atoms with Gasteiger partial charge in [-0.25, -0.2) is 0 Å². The van der Waals surface area contributed by atoms with Gasteiger partial charge < -0.3 is 5.73 Å². The Morgan fingerprint density at radius 1 is 1.35 bits per heavy atom. The zero-order valence-electron chi connectivity index (χ0n) is 9.73. The van der Waals surface area contributed by atoms with Crippen LogP contribution in [0.25, 0.3) is 0 Å². The summed E-state index contributed by atoms with van der Waals surface area (Å²) in [4.78, 5) is 13.5. The number of rotatable bonds is 3. The SMILES string of the molecule is NC(=O)C1CCCCN1Cc1ccc(Cl)cc1. The minimum absolute atomic E-state index is 0.112. The number of amides is 1. The molecule has 92 valence electrons. The maximum absolute atomic E-state index is 11.4. The van der Waals surface area contributed by atoms with Gasteiger partial charge in [-0.3, -0.25) is 9.69 Å². The van der Waals surface area contributed by atoms with Crippen molar-refractivity contribution in [3.05, 3.63) is 34.9 Å². The normalized spacial score (nSPS) is 21.4. The van der Waals surface area contributed by atoms with Crippen LogP contribution in [0.2, 0.25) is 5.02 Å². The molecule has 1 fully saturated rings. The Hall–Kier alpha value is -1.06. The molecule has 0 aliphatic carbocycles. The molecular weight excluding hydrogens is 236 g/mol. The molecule has 1 unspecified atom stereocenters. The molecule has 2 N–H and O–H groups in total. The number of nitrogens with two attached hydrogens (primary N) is 1. The van der Waals surface area contributed by atoms with Crippen LogP contribution < -0.4 is 5.73 Å². The standard InChI is InChI=1S/C13H17ClN2O/c14-11-6-4-10(5-7-11)9-16-8-2-1-3-12(16)13(15)17/h4-7,12H,1-3,8-9H2,(H2,15,17). The lowest BCUT2D eigenvalue weighted by molar-refractivity contribution is -0.124. The van der Waals surface area contributed by atoms with E-state index in [4.69, 9.17) is 17.3 Å². The molecule has 4 heteroatoms. The molecule has 0 radical (unpaired) electrons. The zero-order chi connectivity index (χ0) is 12.3. The molecule has 1 saturated heterocycles. The van der Waals surface area contributed by atoms with E-state index in [-0.39, 0.29) is 11.9 Å². The largest absolute Gasteiger partial charge is 0.368 e. The van der Waals surface area contributed by atoms with Gasteiger partial charge in [0.25, 0.3) is 0 Å². The lowest BCUT2D eigenvalue weighted by Gasteiger charge is -2.33. The minimum Gasteiger partial charge on any atom is -0.368 e. The summed E-state index contributed by atoms with van der Waals surface area (Å²) in [6, 6.07) is 7.63. The Morgan fingerprint density at radius 2 is 2.06 bits per heavy atom. The molecular formula is C13H17ClN2O. The van der Waals surface area contributed by atoms with Crippen LogP contribution in [0.5, 0.6) is 0 Å². The maximum Gasteiger partial charge on any atom is 0.234 e. The fourth-order valence-electron chi connectivity index (χ4n) is 2.33. The highest BCUT2D eigenvalue weighted by molar-refractivity contribution is 6.30. The molecule has 1 aliphatic rings. The number of likely N-dealkylation sites (tertiary alicyclic amines) is 1. The Labute approximate surface area is 107 Å². The number of hydrogen-bond donors (Lipinski definition) is 1. The highest BCUT2D eigenvalue weighted by atomic mass is 35.5. The molecule has 0 aromatic heterocycles. The second-order valence-electron chi connectivity index (χ2n) is 4.51. The first-order valence-corrected chi connectivity index (χ1v) is 6.32. The summed E-state index contributed by atoms with van der Waals surface area (Å²) < 4.78 is 0. The lowest BCUT2D eigenvalue weighted by Crippen LogP contribution is -2.47. The van der Waals surface area contributed by atoms with Crippen molar-refractivity contribution in [1.29, 1.82) is 0 Å². The molecule has 1 amide bonds. The number of piperidine rings is 1. The third-order valence-electron chi connectivity index (χ3n) is 3.24. The number of benzene rings is 1. The Bertz CT molecular complexity index is 391. The van der Waals surface area contributed by atoms with Gasteiger partial charge in [-0.1, -0.05) is 30.2 Å². The average Bonchev–Trinajstić information content (AvgIpc) is 2.32. The van der Waals surface area contributed by atoms with Crippen LogP contribution in [0.3, 0.4) is 0 Å². The van der Waals surface area contributed by atoms with Gasteiger partial charge in [0.15, 0.2) is 0 Å². The first kappa shape index (κ1) is 12.4. The molecule has 0 spiro atoms. The van der Waals surface area contributed by atoms with Crippen LogP contribution in [0.15, 0.2) is 24.3 Å². The second-order valence-corrected chi connectivity index (χ2v) is 4.95. The Balaban J connectivity index is 2.05. The molecule has 3 nitrogen and oxygen atoms in total. The summed E-state index contributed by atoms with van der Waals surface area (Å²) in [6.45, 7) is 1.71. The Morgan fingerprint density at radius 3 is 2.71 bits per heavy atom. The molecule has 0 bridgehead atoms. The fraction of sp³-hybridized carbons (Fsp3) is 0.462. The monoisotopic (exact) mass is 252 g/mol. The number of carbonyl (C=O) groups excluding carboxylic acids is 1. The van der Waals surface area contributed by atoms with Crippen molar-refractivity contribution in [2.75, 3.05) is 6.54 Å². The fourth-order valence-corrected chi connectivity index (χ4v) is 2.45. The highest BCUT2D eigenvalue weighted by Gasteiger charge is 2.26. The zero-order valence-corrected chi connectivity index (χ0v) is 10.5. The number of carbonyl (C=O) groups is 1. The van der Waals surface area contributed by atoms with E-state index in [1.807, 2.05) is 24.3 Å². The number of halogens is 1. The van der Waals surface area contributed by atoms with Crippen LogP contribution in [0, 0.1) is 0 Å². The van der Waals surface area contributed by atoms with Crippen LogP contribution in [0.4, 0.5) is 0 Å². The van der Waals surface area contributed by atoms with Gasteiger partial charge in [0.05, 0.1) is 6.04 Å². The third kappa shape index (κ3) is 3.20. The summed E-state index contributed by atoms with van der Waals surface area (Å²) in [5, 5.41) is 0.735. The maximum atomic E-state index is 11.4. The van der Waals surface area contributed by atoms with Crippen LogP contribution >= 0.6 is 11.6 Å². The number of hydrogen-bond acceptors (Lipinski definition) is 2. The second kappa shape index (κ2) is 5.52. The van der Waals surface area contributed by atoms with Gasteiger partial charge in [0.2, 0.25) is 5.91 Å². The van der Waals surface area contributed by atoms with Gasteiger partial charge in [-0.15, -0.1) is 0 Å². The van der Waals surface area contributed by atoms with Gasteiger partial charge in [-0.05, 0) is 37.1 Å². The van der Waals surface area contributed by atoms with E-state index >= 15 is 0 Å².